The molecule has 0 N–H and O–H groups in total. The predicted molar refractivity (Wildman–Crippen MR) is 71.3 cm³/mol. The molecule has 0 radical (unpaired) electrons. The van der Waals surface area contributed by atoms with Crippen LogP contribution >= 0.6 is 0 Å². The summed E-state index contributed by atoms with van der Waals surface area (Å²) in [6, 6.07) is 1.78. The molecule has 0 amide bonds. The van der Waals surface area contributed by atoms with E-state index in [-0.39, 0.29) is 12.2 Å². The van der Waals surface area contributed by atoms with E-state index in [1.165, 1.54) is 14.0 Å². The van der Waals surface area contributed by atoms with Crippen LogP contribution in [0.25, 0.3) is 0 Å². The van der Waals surface area contributed by atoms with E-state index in [2.05, 4.69) is 9.84 Å². The molecule has 1 rings (SSSR count). The van der Waals surface area contributed by atoms with Crippen molar-refractivity contribution in [3.8, 4) is 0 Å². The first-order valence-electron chi connectivity index (χ1n) is 6.10. The Bertz CT molecular complexity index is 548. The lowest BCUT2D eigenvalue weighted by Gasteiger charge is -2.11. The molecule has 1 atom stereocenters. The third-order valence-electron chi connectivity index (χ3n) is 3.03. The Labute approximate surface area is 113 Å². The maximum atomic E-state index is 12.2. The van der Waals surface area contributed by atoms with Crippen LogP contribution in [0.15, 0.2) is 6.07 Å². The van der Waals surface area contributed by atoms with Gasteiger partial charge in [0, 0.05) is 7.05 Å². The Morgan fingerprint density at radius 3 is 2.63 bits per heavy atom. The average Bonchev–Trinajstić information content (AvgIpc) is 2.69. The van der Waals surface area contributed by atoms with Crippen molar-refractivity contribution in [3.05, 3.63) is 17.5 Å². The first-order valence-corrected chi connectivity index (χ1v) is 7.81. The van der Waals surface area contributed by atoms with E-state index in [1.807, 2.05) is 6.92 Å². The monoisotopic (exact) mass is 288 g/mol. The molecule has 19 heavy (non-hydrogen) atoms. The van der Waals surface area contributed by atoms with E-state index in [9.17, 15) is 13.2 Å². The van der Waals surface area contributed by atoms with Crippen molar-refractivity contribution in [1.29, 1.82) is 0 Å². The van der Waals surface area contributed by atoms with Gasteiger partial charge >= 0.3 is 5.97 Å². The summed E-state index contributed by atoms with van der Waals surface area (Å²) in [6.07, 6.45) is 0.628. The number of hydrogen-bond donors (Lipinski definition) is 0. The first kappa shape index (κ1) is 15.7. The molecule has 1 aromatic heterocycles. The molecule has 0 spiro atoms. The van der Waals surface area contributed by atoms with Gasteiger partial charge in [0.2, 0.25) is 0 Å². The van der Waals surface area contributed by atoms with Crippen molar-refractivity contribution in [2.75, 3.05) is 7.11 Å². The van der Waals surface area contributed by atoms with Gasteiger partial charge in [-0.3, -0.25) is 9.48 Å². The van der Waals surface area contributed by atoms with E-state index in [1.54, 1.807) is 17.8 Å². The van der Waals surface area contributed by atoms with E-state index in [4.69, 9.17) is 0 Å². The highest BCUT2D eigenvalue weighted by molar-refractivity contribution is 7.91. The number of aromatic nitrogens is 2. The van der Waals surface area contributed by atoms with Gasteiger partial charge in [-0.05, 0) is 19.4 Å². The first-order chi connectivity index (χ1) is 8.80. The summed E-state index contributed by atoms with van der Waals surface area (Å²) in [6.45, 7) is 3.48. The van der Waals surface area contributed by atoms with Gasteiger partial charge in [0.25, 0.3) is 0 Å². The molecule has 1 heterocycles. The van der Waals surface area contributed by atoms with Gasteiger partial charge in [0.05, 0.1) is 35.9 Å². The predicted octanol–water partition coefficient (Wildman–Crippen LogP) is 0.849. The Hall–Kier alpha value is -1.37. The van der Waals surface area contributed by atoms with Crippen molar-refractivity contribution < 1.29 is 17.9 Å². The number of ether oxygens (including phenoxy) is 1. The number of esters is 1. The molecule has 108 valence electrons. The quantitative estimate of drug-likeness (QED) is 0.725. The van der Waals surface area contributed by atoms with Crippen LogP contribution in [-0.2, 0) is 38.6 Å². The number of rotatable bonds is 6. The number of hydrogen-bond acceptors (Lipinski definition) is 5. The van der Waals surface area contributed by atoms with Crippen LogP contribution < -0.4 is 0 Å². The Morgan fingerprint density at radius 2 is 2.16 bits per heavy atom. The second-order valence-electron chi connectivity index (χ2n) is 4.50. The Kier molecular flexibility index (Phi) is 5.11. The molecular formula is C12H20N2O4S. The third-order valence-corrected chi connectivity index (χ3v) is 5.12. The number of nitrogens with zero attached hydrogens (tertiary/aromatic N) is 2. The molecule has 0 aliphatic rings. The van der Waals surface area contributed by atoms with Gasteiger partial charge in [0.15, 0.2) is 9.84 Å². The summed E-state index contributed by atoms with van der Waals surface area (Å²) >= 11 is 0. The summed E-state index contributed by atoms with van der Waals surface area (Å²) in [4.78, 5) is 11.1. The molecule has 7 heteroatoms. The normalized spacial score (nSPS) is 13.3. The van der Waals surface area contributed by atoms with Gasteiger partial charge in [-0.1, -0.05) is 6.92 Å². The highest BCUT2D eigenvalue weighted by atomic mass is 32.2. The highest BCUT2D eigenvalue weighted by Crippen LogP contribution is 2.15. The molecule has 0 saturated heterocycles. The molecule has 6 nitrogen and oxygen atoms in total. The summed E-state index contributed by atoms with van der Waals surface area (Å²) in [7, 11) is -0.434. The lowest BCUT2D eigenvalue weighted by atomic mass is 10.3. The SMILES string of the molecule is CCc1cc(CS(=O)(=O)C(C)CC(=O)OC)n(C)n1. The van der Waals surface area contributed by atoms with Gasteiger partial charge in [-0.2, -0.15) is 5.10 Å². The minimum absolute atomic E-state index is 0.116. The second kappa shape index (κ2) is 6.18. The Balaban J connectivity index is 2.83. The standard InChI is InChI=1S/C12H20N2O4S/c1-5-10-7-11(14(3)13-10)8-19(16,17)9(2)6-12(15)18-4/h7,9H,5-6,8H2,1-4H3. The number of carbonyl (C=O) groups excluding carboxylic acids is 1. The maximum absolute atomic E-state index is 12.2. The van der Waals surface area contributed by atoms with Crippen LogP contribution in [0.4, 0.5) is 0 Å². The van der Waals surface area contributed by atoms with E-state index < -0.39 is 21.1 Å². The van der Waals surface area contributed by atoms with Crippen LogP contribution in [0.5, 0.6) is 0 Å². The molecule has 1 aromatic rings. The molecule has 0 aliphatic heterocycles. The zero-order chi connectivity index (χ0) is 14.6. The van der Waals surface area contributed by atoms with Gasteiger partial charge in [-0.25, -0.2) is 8.42 Å². The fourth-order valence-electron chi connectivity index (χ4n) is 1.67. The van der Waals surface area contributed by atoms with Crippen molar-refractivity contribution in [1.82, 2.24) is 9.78 Å². The topological polar surface area (TPSA) is 78.3 Å². The van der Waals surface area contributed by atoms with Crippen LogP contribution in [0.2, 0.25) is 0 Å². The minimum Gasteiger partial charge on any atom is -0.469 e. The van der Waals surface area contributed by atoms with Crippen LogP contribution in [0.3, 0.4) is 0 Å². The highest BCUT2D eigenvalue weighted by Gasteiger charge is 2.25. The van der Waals surface area contributed by atoms with Crippen LogP contribution in [0, 0.1) is 0 Å². The molecule has 1 unspecified atom stereocenters. The van der Waals surface area contributed by atoms with Gasteiger partial charge < -0.3 is 4.74 Å². The average molecular weight is 288 g/mol. The Morgan fingerprint density at radius 1 is 1.53 bits per heavy atom. The van der Waals surface area contributed by atoms with Gasteiger partial charge in [0.1, 0.15) is 0 Å². The summed E-state index contributed by atoms with van der Waals surface area (Å²) in [5.74, 6) is -0.635. The molecule has 0 bridgehead atoms. The summed E-state index contributed by atoms with van der Waals surface area (Å²) in [5.41, 5.74) is 1.49. The number of aryl methyl sites for hydroxylation is 2. The van der Waals surface area contributed by atoms with Crippen molar-refractivity contribution in [3.63, 3.8) is 0 Å². The fraction of sp³-hybridized carbons (Fsp3) is 0.667. The molecule has 0 aromatic carbocycles. The third kappa shape index (κ3) is 4.05. The minimum atomic E-state index is -3.40. The fourth-order valence-corrected chi connectivity index (χ4v) is 3.03. The molecule has 0 saturated carbocycles. The molecular weight excluding hydrogens is 268 g/mol. The maximum Gasteiger partial charge on any atom is 0.306 e. The van der Waals surface area contributed by atoms with Crippen molar-refractivity contribution in [2.24, 2.45) is 7.05 Å². The second-order valence-corrected chi connectivity index (χ2v) is 6.92. The van der Waals surface area contributed by atoms with Crippen LogP contribution in [-0.4, -0.2) is 36.5 Å². The zero-order valence-corrected chi connectivity index (χ0v) is 12.5. The van der Waals surface area contributed by atoms with Crippen molar-refractivity contribution >= 4 is 15.8 Å². The number of methoxy groups -OCH3 is 1. The van der Waals surface area contributed by atoms with Gasteiger partial charge in [-0.15, -0.1) is 0 Å². The molecule has 0 aliphatic carbocycles. The zero-order valence-electron chi connectivity index (χ0n) is 11.7. The number of sulfone groups is 1. The lowest BCUT2D eigenvalue weighted by molar-refractivity contribution is -0.140. The van der Waals surface area contributed by atoms with E-state index in [0.29, 0.717) is 5.69 Å². The van der Waals surface area contributed by atoms with Crippen LogP contribution in [0.1, 0.15) is 31.7 Å². The summed E-state index contributed by atoms with van der Waals surface area (Å²) in [5, 5.41) is 3.45. The smallest absolute Gasteiger partial charge is 0.306 e. The largest absolute Gasteiger partial charge is 0.469 e. The van der Waals surface area contributed by atoms with Crippen molar-refractivity contribution in [2.45, 2.75) is 37.7 Å². The van der Waals surface area contributed by atoms with E-state index >= 15 is 0 Å². The van der Waals surface area contributed by atoms with E-state index in [0.717, 1.165) is 12.1 Å². The summed E-state index contributed by atoms with van der Waals surface area (Å²) < 4.78 is 30.4. The lowest BCUT2D eigenvalue weighted by Crippen LogP contribution is -2.24. The molecule has 0 fully saturated rings. The number of carbonyl (C=O) groups is 1.